The van der Waals surface area contributed by atoms with Crippen LogP contribution in [0.15, 0.2) is 10.6 Å². The van der Waals surface area contributed by atoms with Crippen LogP contribution in [0.25, 0.3) is 0 Å². The summed E-state index contributed by atoms with van der Waals surface area (Å²) in [6, 6.07) is 0.384. The van der Waals surface area contributed by atoms with Crippen LogP contribution in [0.5, 0.6) is 0 Å². The number of aliphatic carboxylic acids is 1. The second-order valence-corrected chi connectivity index (χ2v) is 8.52. The SMILES string of the molecule is Br.Br.CNC(=O)C1=C(C)N(C2CCN(CC(=O)O)CC2)C(C2CCNCC2)S1. The molecule has 0 saturated carbocycles. The van der Waals surface area contributed by atoms with Gasteiger partial charge in [-0.3, -0.25) is 14.5 Å². The fraction of sp³-hybridized carbons (Fsp3) is 0.778. The Morgan fingerprint density at radius 2 is 1.79 bits per heavy atom. The lowest BCUT2D eigenvalue weighted by Crippen LogP contribution is -2.49. The van der Waals surface area contributed by atoms with Gasteiger partial charge >= 0.3 is 5.97 Å². The molecule has 28 heavy (non-hydrogen) atoms. The average Bonchev–Trinajstić information content (AvgIpc) is 2.99. The third-order valence-corrected chi connectivity index (χ3v) is 7.33. The molecule has 0 aromatic rings. The van der Waals surface area contributed by atoms with E-state index in [2.05, 4.69) is 22.5 Å². The van der Waals surface area contributed by atoms with Crippen molar-refractivity contribution in [2.45, 2.75) is 44.0 Å². The first-order valence-electron chi connectivity index (χ1n) is 9.54. The monoisotopic (exact) mass is 542 g/mol. The molecule has 0 radical (unpaired) electrons. The summed E-state index contributed by atoms with van der Waals surface area (Å²) in [6.45, 7) is 5.89. The van der Waals surface area contributed by atoms with Crippen molar-refractivity contribution >= 4 is 57.6 Å². The van der Waals surface area contributed by atoms with Crippen molar-refractivity contribution in [3.8, 4) is 0 Å². The number of allylic oxidation sites excluding steroid dienone is 1. The van der Waals surface area contributed by atoms with Crippen LogP contribution in [0.1, 0.15) is 32.6 Å². The molecule has 7 nitrogen and oxygen atoms in total. The van der Waals surface area contributed by atoms with Crippen molar-refractivity contribution in [1.82, 2.24) is 20.4 Å². The molecule has 2 saturated heterocycles. The van der Waals surface area contributed by atoms with E-state index < -0.39 is 5.97 Å². The third-order valence-electron chi connectivity index (χ3n) is 5.76. The number of rotatable bonds is 5. The Kier molecular flexibility index (Phi) is 10.8. The van der Waals surface area contributed by atoms with Crippen molar-refractivity contribution < 1.29 is 14.7 Å². The summed E-state index contributed by atoms with van der Waals surface area (Å²) in [4.78, 5) is 28.7. The fourth-order valence-electron chi connectivity index (χ4n) is 4.38. The third kappa shape index (κ3) is 5.87. The summed E-state index contributed by atoms with van der Waals surface area (Å²) in [7, 11) is 1.69. The maximum atomic E-state index is 12.4. The Morgan fingerprint density at radius 3 is 2.32 bits per heavy atom. The van der Waals surface area contributed by atoms with Gasteiger partial charge in [0.2, 0.25) is 0 Å². The number of piperidine rings is 2. The van der Waals surface area contributed by atoms with Gasteiger partial charge in [0.05, 0.1) is 16.8 Å². The Morgan fingerprint density at radius 1 is 1.18 bits per heavy atom. The molecule has 0 bridgehead atoms. The summed E-state index contributed by atoms with van der Waals surface area (Å²) in [5.41, 5.74) is 1.09. The largest absolute Gasteiger partial charge is 0.480 e. The highest BCUT2D eigenvalue weighted by atomic mass is 79.9. The van der Waals surface area contributed by atoms with Crippen molar-refractivity contribution in [3.05, 3.63) is 10.6 Å². The molecule has 1 atom stereocenters. The molecular formula is C18H32Br2N4O3S. The first kappa shape index (κ1) is 25.7. The number of halogens is 2. The van der Waals surface area contributed by atoms with E-state index in [1.165, 1.54) is 0 Å². The van der Waals surface area contributed by atoms with Gasteiger partial charge in [-0.05, 0) is 51.6 Å². The van der Waals surface area contributed by atoms with Gasteiger partial charge in [-0.2, -0.15) is 0 Å². The lowest BCUT2D eigenvalue weighted by molar-refractivity contribution is -0.138. The minimum absolute atomic E-state index is 0. The average molecular weight is 544 g/mol. The second kappa shape index (κ2) is 11.8. The lowest BCUT2D eigenvalue weighted by Gasteiger charge is -2.43. The number of likely N-dealkylation sites (N-methyl/N-ethyl adjacent to an activating group) is 1. The Hall–Kier alpha value is -0.290. The number of carbonyl (C=O) groups excluding carboxylic acids is 1. The van der Waals surface area contributed by atoms with Gasteiger partial charge in [0.25, 0.3) is 5.91 Å². The highest BCUT2D eigenvalue weighted by Gasteiger charge is 2.42. The molecule has 2 fully saturated rings. The van der Waals surface area contributed by atoms with E-state index in [1.807, 2.05) is 4.90 Å². The van der Waals surface area contributed by atoms with Gasteiger partial charge < -0.3 is 20.6 Å². The number of likely N-dealkylation sites (tertiary alicyclic amines) is 1. The van der Waals surface area contributed by atoms with Crippen LogP contribution in [0.4, 0.5) is 0 Å². The van der Waals surface area contributed by atoms with Gasteiger partial charge in [-0.1, -0.05) is 11.8 Å². The van der Waals surface area contributed by atoms with Crippen LogP contribution in [0, 0.1) is 5.92 Å². The molecule has 3 heterocycles. The summed E-state index contributed by atoms with van der Waals surface area (Å²) >= 11 is 1.73. The maximum Gasteiger partial charge on any atom is 0.317 e. The van der Waals surface area contributed by atoms with Crippen LogP contribution < -0.4 is 10.6 Å². The first-order chi connectivity index (χ1) is 12.5. The van der Waals surface area contributed by atoms with Crippen molar-refractivity contribution in [1.29, 1.82) is 0 Å². The van der Waals surface area contributed by atoms with Crippen molar-refractivity contribution in [3.63, 3.8) is 0 Å². The molecule has 162 valence electrons. The summed E-state index contributed by atoms with van der Waals surface area (Å²) < 4.78 is 0. The molecule has 3 rings (SSSR count). The summed E-state index contributed by atoms with van der Waals surface area (Å²) in [5.74, 6) is -0.168. The normalized spacial score (nSPS) is 24.5. The molecule has 1 unspecified atom stereocenters. The Balaban J connectivity index is 0.00000196. The zero-order chi connectivity index (χ0) is 18.7. The Bertz CT molecular complexity index is 579. The predicted octanol–water partition coefficient (Wildman–Crippen LogP) is 2.04. The topological polar surface area (TPSA) is 84.9 Å². The van der Waals surface area contributed by atoms with Crippen LogP contribution in [0.3, 0.4) is 0 Å². The van der Waals surface area contributed by atoms with E-state index in [0.717, 1.165) is 62.5 Å². The van der Waals surface area contributed by atoms with E-state index in [4.69, 9.17) is 5.11 Å². The number of hydrogen-bond donors (Lipinski definition) is 3. The van der Waals surface area contributed by atoms with Gasteiger partial charge in [-0.25, -0.2) is 0 Å². The number of carboxylic acid groups (broad SMARTS) is 1. The molecule has 0 aromatic heterocycles. The molecular weight excluding hydrogens is 512 g/mol. The molecule has 3 aliphatic rings. The number of thioether (sulfide) groups is 1. The molecule has 10 heteroatoms. The minimum atomic E-state index is -0.759. The van der Waals surface area contributed by atoms with E-state index in [1.54, 1.807) is 18.8 Å². The molecule has 0 aliphatic carbocycles. The fourth-order valence-corrected chi connectivity index (χ4v) is 6.02. The zero-order valence-corrected chi connectivity index (χ0v) is 20.7. The first-order valence-corrected chi connectivity index (χ1v) is 10.4. The number of carbonyl (C=O) groups is 2. The number of carboxylic acids is 1. The van der Waals surface area contributed by atoms with Gasteiger partial charge in [0.15, 0.2) is 0 Å². The van der Waals surface area contributed by atoms with E-state index >= 15 is 0 Å². The maximum absolute atomic E-state index is 12.4. The lowest BCUT2D eigenvalue weighted by atomic mass is 9.94. The van der Waals surface area contributed by atoms with Crippen molar-refractivity contribution in [2.24, 2.45) is 5.92 Å². The second-order valence-electron chi connectivity index (χ2n) is 7.40. The number of hydrogen-bond acceptors (Lipinski definition) is 6. The molecule has 0 aromatic carbocycles. The van der Waals surface area contributed by atoms with Crippen LogP contribution in [-0.2, 0) is 9.59 Å². The summed E-state index contributed by atoms with van der Waals surface area (Å²) in [6.07, 6.45) is 4.18. The smallest absolute Gasteiger partial charge is 0.317 e. The quantitative estimate of drug-likeness (QED) is 0.489. The zero-order valence-electron chi connectivity index (χ0n) is 16.5. The Labute approximate surface area is 192 Å². The van der Waals surface area contributed by atoms with Gasteiger partial charge in [0.1, 0.15) is 0 Å². The molecule has 1 amide bonds. The highest BCUT2D eigenvalue weighted by molar-refractivity contribution is 8.93. The summed E-state index contributed by atoms with van der Waals surface area (Å²) in [5, 5.41) is 15.5. The number of nitrogens with zero attached hydrogens (tertiary/aromatic N) is 2. The predicted molar refractivity (Wildman–Crippen MR) is 123 cm³/mol. The molecule has 3 aliphatic heterocycles. The van der Waals surface area contributed by atoms with Gasteiger partial charge in [0, 0.05) is 31.9 Å². The van der Waals surface area contributed by atoms with E-state index in [9.17, 15) is 9.59 Å². The van der Waals surface area contributed by atoms with Crippen LogP contribution >= 0.6 is 45.7 Å². The molecule has 0 spiro atoms. The van der Waals surface area contributed by atoms with E-state index in [0.29, 0.717) is 17.3 Å². The number of amides is 1. The van der Waals surface area contributed by atoms with Crippen LogP contribution in [-0.4, -0.2) is 78.0 Å². The number of nitrogens with one attached hydrogen (secondary N) is 2. The van der Waals surface area contributed by atoms with Gasteiger partial charge in [-0.15, -0.1) is 34.0 Å². The van der Waals surface area contributed by atoms with Crippen molar-refractivity contribution in [2.75, 3.05) is 39.8 Å². The van der Waals surface area contributed by atoms with Crippen LogP contribution in [0.2, 0.25) is 0 Å². The standard InChI is InChI=1S/C18H30N4O3S.2BrH/c1-12-16(17(25)19-2)26-18(13-3-7-20-8-4-13)22(12)14-5-9-21(10-6-14)11-15(23)24;;/h13-14,18,20H,3-11H2,1-2H3,(H,19,25)(H,23,24);2*1H. The molecule has 3 N–H and O–H groups in total. The highest BCUT2D eigenvalue weighted by Crippen LogP contribution is 2.46. The minimum Gasteiger partial charge on any atom is -0.480 e. The van der Waals surface area contributed by atoms with E-state index in [-0.39, 0.29) is 46.4 Å².